The van der Waals surface area contributed by atoms with Crippen LogP contribution in [0.5, 0.6) is 0 Å². The Hall–Kier alpha value is -7.62. The molecule has 12 atom stereocenters. The molecule has 0 spiro atoms. The van der Waals surface area contributed by atoms with Gasteiger partial charge in [0.1, 0.15) is 16.9 Å². The number of nitrogens with one attached hydrogen (secondary N) is 3. The molecule has 9 aromatic rings. The Balaban J connectivity index is 0.000000119. The molecule has 6 aliphatic carbocycles. The van der Waals surface area contributed by atoms with Crippen LogP contribution in [0.25, 0.3) is 67.3 Å². The van der Waals surface area contributed by atoms with Gasteiger partial charge >= 0.3 is 17.9 Å². The number of hydrogen-bond donors (Lipinski definition) is 5. The van der Waals surface area contributed by atoms with E-state index in [1.807, 2.05) is 0 Å². The number of aliphatic carboxylic acids is 2. The minimum atomic E-state index is -0.774. The van der Waals surface area contributed by atoms with Crippen molar-refractivity contribution in [2.45, 2.75) is 77.0 Å². The molecule has 6 saturated carbocycles. The highest BCUT2D eigenvalue weighted by Gasteiger charge is 2.53. The number of fused-ring (bicyclic) bond motifs is 9. The van der Waals surface area contributed by atoms with E-state index in [0.29, 0.717) is 115 Å². The maximum absolute atomic E-state index is 14.6. The summed E-state index contributed by atoms with van der Waals surface area (Å²) in [5.74, 6) is -1.26. The first-order chi connectivity index (χ1) is 41.1. The number of pyridine rings is 3. The van der Waals surface area contributed by atoms with Gasteiger partial charge in [-0.25, -0.2) is 58.0 Å². The third kappa shape index (κ3) is 10.7. The Morgan fingerprint density at radius 1 is 0.482 bits per heavy atom. The van der Waals surface area contributed by atoms with E-state index in [2.05, 4.69) is 59.8 Å². The molecule has 0 saturated heterocycles. The van der Waals surface area contributed by atoms with Crippen LogP contribution >= 0.6 is 34.8 Å². The van der Waals surface area contributed by atoms with Gasteiger partial charge in [0, 0.05) is 70.0 Å². The van der Waals surface area contributed by atoms with Gasteiger partial charge in [-0.15, -0.1) is 0 Å². The quantitative estimate of drug-likeness (QED) is 0.0712. The van der Waals surface area contributed by atoms with Crippen LogP contribution in [-0.2, 0) is 38.4 Å². The Kier molecular flexibility index (Phi) is 15.3. The Morgan fingerprint density at radius 2 is 0.788 bits per heavy atom. The number of halogens is 6. The molecule has 9 heterocycles. The van der Waals surface area contributed by atoms with Crippen LogP contribution in [0.2, 0.25) is 15.1 Å². The molecule has 6 fully saturated rings. The van der Waals surface area contributed by atoms with Crippen molar-refractivity contribution in [1.29, 1.82) is 0 Å². The van der Waals surface area contributed by atoms with E-state index in [1.54, 1.807) is 55.4 Å². The van der Waals surface area contributed by atoms with Crippen LogP contribution in [0, 0.1) is 88.5 Å². The maximum atomic E-state index is 14.6. The molecule has 0 radical (unpaired) electrons. The summed E-state index contributed by atoms with van der Waals surface area (Å²) in [4.78, 5) is 83.7. The molecule has 5 N–H and O–H groups in total. The zero-order valence-electron chi connectivity index (χ0n) is 45.7. The van der Waals surface area contributed by atoms with Gasteiger partial charge in [0.25, 0.3) is 0 Å². The van der Waals surface area contributed by atoms with Gasteiger partial charge in [-0.2, -0.15) is 0 Å². The van der Waals surface area contributed by atoms with Crippen LogP contribution < -0.4 is 0 Å². The molecule has 6 bridgehead atoms. The van der Waals surface area contributed by atoms with Crippen LogP contribution in [0.3, 0.4) is 0 Å². The summed E-state index contributed by atoms with van der Waals surface area (Å²) in [7, 11) is 1.42. The second kappa shape index (κ2) is 23.0. The molecule has 0 aliphatic heterocycles. The fraction of sp³-hybridized carbons (Fsp3) is 0.410. The van der Waals surface area contributed by atoms with Gasteiger partial charge < -0.3 is 29.9 Å². The molecule has 0 aromatic carbocycles. The van der Waals surface area contributed by atoms with Crippen molar-refractivity contribution in [2.24, 2.45) is 71.0 Å². The number of rotatable bonds is 12. The van der Waals surface area contributed by atoms with Gasteiger partial charge in [0.2, 0.25) is 0 Å². The number of H-pyrrole nitrogens is 3. The first kappa shape index (κ1) is 56.5. The summed E-state index contributed by atoms with van der Waals surface area (Å²) >= 11 is 18.2. The largest absolute Gasteiger partial charge is 0.481 e. The minimum Gasteiger partial charge on any atom is -0.481 e. The van der Waals surface area contributed by atoms with E-state index < -0.39 is 41.2 Å². The molecule has 15 rings (SSSR count). The topological polar surface area (TPSA) is 264 Å². The average molecular weight is 1220 g/mol. The number of carboxylic acids is 2. The molecule has 18 nitrogen and oxygen atoms in total. The number of ether oxygens (including phenoxy) is 1. The van der Waals surface area contributed by atoms with Crippen LogP contribution in [-0.4, -0.2) is 95.0 Å². The third-order valence-electron chi connectivity index (χ3n) is 19.3. The van der Waals surface area contributed by atoms with Crippen LogP contribution in [0.15, 0.2) is 74.0 Å². The fourth-order valence-corrected chi connectivity index (χ4v) is 16.0. The smallest absolute Gasteiger partial charge is 0.309 e. The highest BCUT2D eigenvalue weighted by molar-refractivity contribution is 6.32. The summed E-state index contributed by atoms with van der Waals surface area (Å²) in [6.45, 7) is 0. The molecule has 6 aliphatic rings. The number of methoxy groups -OCH3 is 1. The molecule has 24 heteroatoms. The highest BCUT2D eigenvalue weighted by atomic mass is 35.5. The molecule has 9 aromatic heterocycles. The number of carboxylic acid groups (broad SMARTS) is 2. The summed E-state index contributed by atoms with van der Waals surface area (Å²) in [6, 6.07) is 5.31. The second-order valence-electron chi connectivity index (χ2n) is 23.6. The lowest BCUT2D eigenvalue weighted by Crippen LogP contribution is -2.32. The Morgan fingerprint density at radius 3 is 1.11 bits per heavy atom. The van der Waals surface area contributed by atoms with Gasteiger partial charge in [0.05, 0.1) is 75.6 Å². The molecule has 85 heavy (non-hydrogen) atoms. The maximum Gasteiger partial charge on any atom is 0.309 e. The van der Waals surface area contributed by atoms with Crippen molar-refractivity contribution in [3.63, 3.8) is 0 Å². The van der Waals surface area contributed by atoms with E-state index in [1.165, 1.54) is 13.3 Å². The van der Waals surface area contributed by atoms with E-state index in [-0.39, 0.29) is 52.9 Å². The lowest BCUT2D eigenvalue weighted by molar-refractivity contribution is -0.149. The molecular formula is C61H56Cl3F3N12O6. The number of aromatic nitrogens is 12. The van der Waals surface area contributed by atoms with E-state index >= 15 is 0 Å². The average Bonchev–Trinajstić information content (AvgIpc) is 3.31. The molecular weight excluding hydrogens is 1160 g/mol. The zero-order valence-corrected chi connectivity index (χ0v) is 47.9. The van der Waals surface area contributed by atoms with Gasteiger partial charge in [0.15, 0.2) is 34.9 Å². The Bertz CT molecular complexity index is 3920. The van der Waals surface area contributed by atoms with Crippen LogP contribution in [0.1, 0.15) is 74.9 Å². The first-order valence-corrected chi connectivity index (χ1v) is 29.7. The first-order valence-electron chi connectivity index (χ1n) is 28.5. The normalized spacial score (nSPS) is 26.0. The summed E-state index contributed by atoms with van der Waals surface area (Å²) < 4.78 is 48.6. The lowest BCUT2D eigenvalue weighted by atomic mass is 9.77. The molecule has 5 unspecified atom stereocenters. The molecule has 0 amide bonds. The van der Waals surface area contributed by atoms with Gasteiger partial charge in [-0.1, -0.05) is 34.8 Å². The van der Waals surface area contributed by atoms with E-state index in [9.17, 15) is 37.8 Å². The number of aromatic amines is 3. The summed E-state index contributed by atoms with van der Waals surface area (Å²) in [6.07, 6.45) is 23.4. The van der Waals surface area contributed by atoms with E-state index in [4.69, 9.17) is 39.5 Å². The highest BCUT2D eigenvalue weighted by Crippen LogP contribution is 2.56. The van der Waals surface area contributed by atoms with Crippen molar-refractivity contribution in [3.05, 3.63) is 124 Å². The van der Waals surface area contributed by atoms with Crippen molar-refractivity contribution in [2.75, 3.05) is 7.11 Å². The predicted octanol–water partition coefficient (Wildman–Crippen LogP) is 12.4. The van der Waals surface area contributed by atoms with Crippen molar-refractivity contribution >= 4 is 85.8 Å². The lowest BCUT2D eigenvalue weighted by Gasteiger charge is -2.29. The number of carbonyl (C=O) groups is 3. The van der Waals surface area contributed by atoms with Crippen LogP contribution in [0.4, 0.5) is 13.2 Å². The zero-order chi connectivity index (χ0) is 58.9. The summed E-state index contributed by atoms with van der Waals surface area (Å²) in [5, 5.41) is 23.1. The van der Waals surface area contributed by atoms with Gasteiger partial charge in [-0.3, -0.25) is 14.4 Å². The fourth-order valence-electron chi connectivity index (χ4n) is 15.6. The number of hydrogen-bond acceptors (Lipinski definition) is 13. The third-order valence-corrected chi connectivity index (χ3v) is 19.9. The SMILES string of the molecule is COC(=O)[C@H]1C2CCC(C2)C1Cc1nc(-c2c[nH]c3ncc(Cl)cc23)ncc1F.O=C(O)[C@@H]1C(Cc2nc(-c3c[nH]c4ncc(Cl)cc34)ncc2F)[C@H]2CC[C@@H]1C2.O=C(O)[C@H]1C(Cc2nc(-c3c[nH]c4ncc(Cl)cc34)ncc2F)[C@H]2CC[C@@H]1C2. The van der Waals surface area contributed by atoms with Crippen molar-refractivity contribution in [3.8, 4) is 34.2 Å². The predicted molar refractivity (Wildman–Crippen MR) is 308 cm³/mol. The van der Waals surface area contributed by atoms with Crippen molar-refractivity contribution in [1.82, 2.24) is 59.8 Å². The van der Waals surface area contributed by atoms with Crippen molar-refractivity contribution < 1.29 is 42.5 Å². The number of carbonyl (C=O) groups excluding carboxylic acids is 1. The second-order valence-corrected chi connectivity index (χ2v) is 24.9. The van der Waals surface area contributed by atoms with Gasteiger partial charge in [-0.05, 0) is 149 Å². The summed E-state index contributed by atoms with van der Waals surface area (Å²) in [5.41, 5.74) is 4.94. The minimum absolute atomic E-state index is 0.0533. The number of nitrogens with zero attached hydrogens (tertiary/aromatic N) is 9. The Labute approximate surface area is 498 Å². The standard InChI is InChI=1S/C21H20ClFN4O2.2C20H18ClFN4O2/c1-29-21(28)18-11-3-2-10(4-11)13(18)6-17-16(23)9-26-20(27-17)15-8-25-19-14(15)5-12(22)7-24-19;2*21-11-4-13-14(7-24-18(13)23-6-11)19-25-8-15(22)16(26-19)5-12-9-1-2-10(3-9)17(12)20(27)28/h5,7-11,13,18H,2-4,6H2,1H3,(H,24,25);2*4,6-10,12,17H,1-3,5H2,(H,23,24)(H,27,28)/t10?,11?,13?,18-;9-,10+,12?,17+;9-,10+,12?,17-/m000/s1. The monoisotopic (exact) mass is 1210 g/mol. The van der Waals surface area contributed by atoms with E-state index in [0.717, 1.165) is 86.3 Å². The molecule has 438 valence electrons. The number of esters is 1.